The minimum atomic E-state index is -0.758. The number of hydrazine groups is 2. The van der Waals surface area contributed by atoms with E-state index in [0.717, 1.165) is 22.3 Å². The Bertz CT molecular complexity index is 3720. The lowest BCUT2D eigenvalue weighted by atomic mass is 9.69. The van der Waals surface area contributed by atoms with Crippen LogP contribution in [-0.2, 0) is 10.8 Å². The minimum absolute atomic E-state index is 0. The number of nitrogens with zero attached hydrogens (tertiary/aromatic N) is 6. The molecule has 0 aliphatic heterocycles. The molecule has 0 fully saturated rings. The topological polar surface area (TPSA) is 224 Å². The van der Waals surface area contributed by atoms with E-state index < -0.39 is 10.8 Å². The Kier molecular flexibility index (Phi) is 27.5. The molecule has 8 aromatic rings. The summed E-state index contributed by atoms with van der Waals surface area (Å²) in [5.41, 5.74) is 3.64. The number of para-hydroxylation sites is 2. The van der Waals surface area contributed by atoms with E-state index in [0.29, 0.717) is 119 Å². The van der Waals surface area contributed by atoms with Crippen molar-refractivity contribution in [3.05, 3.63) is 187 Å². The van der Waals surface area contributed by atoms with Gasteiger partial charge in [-0.1, -0.05) is 113 Å². The molecule has 484 valence electrons. The molecule has 6 aromatic carbocycles. The second-order valence-corrected chi connectivity index (χ2v) is 22.5. The molecule has 2 unspecified atom stereocenters. The molecule has 0 aliphatic rings. The zero-order chi connectivity index (χ0) is 64.0. The van der Waals surface area contributed by atoms with Crippen LogP contribution in [0.1, 0.15) is 110 Å². The van der Waals surface area contributed by atoms with E-state index in [4.69, 9.17) is 27.8 Å². The summed E-state index contributed by atoms with van der Waals surface area (Å²) < 4.78 is 34.5. The number of methoxy groups -OCH3 is 4. The second kappa shape index (κ2) is 33.4. The summed E-state index contributed by atoms with van der Waals surface area (Å²) in [6.07, 6.45) is 2.47. The first-order valence-electron chi connectivity index (χ1n) is 29.8. The van der Waals surface area contributed by atoms with Gasteiger partial charge in [-0.2, -0.15) is 10.5 Å². The molecule has 91 heavy (non-hydrogen) atoms. The van der Waals surface area contributed by atoms with Crippen LogP contribution in [-0.4, -0.2) is 106 Å². The standard InChI is InChI=1S/2C36H41N3O5.2ClH.H2O/c2*1-8-39(38(5)21-13-20-36(23-37,24(2)3)27-18-19-30(42-6)31(22-27)43-7)35(41)29-17-12-16-28-32(40)25(4)33(44-34(28)29)26-14-10-9-11-15-26;;;/h2*9-12,14-19,22,24H,8,13,20-21H2,1-7H3;2*1H;1H2. The Balaban J connectivity index is 0.000000376. The SMILES string of the molecule is CCN(C(=O)c1cccc2c(=O)c(C)c(-c3ccccc3)oc12)N(C)CCCC(C#N)(c1ccc(OC)c(OC)c1)C(C)C.CCN(C(=O)c1cccc2c(=O)c(C)c(-c3ccccc3)oc12)N(C)CCCC(C#N)(c1ccc(OC)c(OC)c1)C(C)C.Cl.Cl.O. The number of fused-ring (bicyclic) bond motifs is 2. The van der Waals surface area contributed by atoms with Crippen molar-refractivity contribution in [2.45, 2.75) is 91.9 Å². The van der Waals surface area contributed by atoms with Gasteiger partial charge < -0.3 is 33.3 Å². The fraction of sp³-hybridized carbons (Fsp3) is 0.361. The number of hydrogen-bond acceptors (Lipinski definition) is 14. The summed E-state index contributed by atoms with van der Waals surface area (Å²) in [7, 11) is 10.1. The van der Waals surface area contributed by atoms with E-state index in [9.17, 15) is 29.7 Å². The summed E-state index contributed by atoms with van der Waals surface area (Å²) in [5.74, 6) is 2.83. The average molecular weight is 1280 g/mol. The van der Waals surface area contributed by atoms with Gasteiger partial charge in [0.25, 0.3) is 11.8 Å². The normalized spacial score (nSPS) is 12.2. The number of carbonyl (C=O) groups is 2. The molecular formula is C72H86Cl2N6O11. The van der Waals surface area contributed by atoms with Crippen LogP contribution in [0.3, 0.4) is 0 Å². The summed E-state index contributed by atoms with van der Waals surface area (Å²) in [4.78, 5) is 54.7. The Hall–Kier alpha value is -8.68. The van der Waals surface area contributed by atoms with Crippen molar-refractivity contribution in [2.75, 3.05) is 68.7 Å². The lowest BCUT2D eigenvalue weighted by Crippen LogP contribution is -2.45. The van der Waals surface area contributed by atoms with Crippen LogP contribution >= 0.6 is 24.8 Å². The first kappa shape index (κ1) is 74.8. The van der Waals surface area contributed by atoms with Gasteiger partial charge >= 0.3 is 0 Å². The van der Waals surface area contributed by atoms with Crippen LogP contribution in [0.2, 0.25) is 0 Å². The fourth-order valence-electron chi connectivity index (χ4n) is 11.7. The van der Waals surface area contributed by atoms with Crippen LogP contribution in [0.25, 0.3) is 44.6 Å². The largest absolute Gasteiger partial charge is 0.493 e. The van der Waals surface area contributed by atoms with E-state index in [-0.39, 0.29) is 76.0 Å². The third-order valence-electron chi connectivity index (χ3n) is 17.0. The zero-order valence-corrected chi connectivity index (χ0v) is 56.2. The molecule has 0 saturated heterocycles. The molecule has 19 heteroatoms. The number of hydrogen-bond donors (Lipinski definition) is 0. The third-order valence-corrected chi connectivity index (χ3v) is 17.0. The van der Waals surface area contributed by atoms with Crippen LogP contribution in [0.15, 0.2) is 152 Å². The molecule has 2 N–H and O–H groups in total. The van der Waals surface area contributed by atoms with Crippen LogP contribution < -0.4 is 29.8 Å². The Morgan fingerprint density at radius 2 is 0.857 bits per heavy atom. The number of ether oxygens (including phenoxy) is 4. The predicted molar refractivity (Wildman–Crippen MR) is 364 cm³/mol. The van der Waals surface area contributed by atoms with Crippen molar-refractivity contribution < 1.29 is 42.8 Å². The first-order chi connectivity index (χ1) is 42.3. The molecule has 2 atom stereocenters. The monoisotopic (exact) mass is 1280 g/mol. The Morgan fingerprint density at radius 3 is 1.15 bits per heavy atom. The number of halogens is 2. The van der Waals surface area contributed by atoms with Crippen molar-refractivity contribution >= 4 is 58.6 Å². The van der Waals surface area contributed by atoms with Crippen molar-refractivity contribution in [2.24, 2.45) is 11.8 Å². The van der Waals surface area contributed by atoms with Crippen LogP contribution in [0.4, 0.5) is 0 Å². The van der Waals surface area contributed by atoms with E-state index in [1.807, 2.05) is 163 Å². The van der Waals surface area contributed by atoms with Gasteiger partial charge in [0.15, 0.2) is 45.0 Å². The van der Waals surface area contributed by atoms with Gasteiger partial charge in [0.1, 0.15) is 11.5 Å². The van der Waals surface area contributed by atoms with Gasteiger partial charge in [-0.3, -0.25) is 29.2 Å². The second-order valence-electron chi connectivity index (χ2n) is 22.5. The maximum absolute atomic E-state index is 14.0. The highest BCUT2D eigenvalue weighted by atomic mass is 35.5. The molecular weight excluding hydrogens is 1200 g/mol. The molecule has 2 amide bonds. The molecule has 0 spiro atoms. The van der Waals surface area contributed by atoms with Gasteiger partial charge in [0.2, 0.25) is 0 Å². The average Bonchev–Trinajstić information content (AvgIpc) is 0.873. The number of amides is 2. The molecule has 0 aliphatic carbocycles. The lowest BCUT2D eigenvalue weighted by molar-refractivity contribution is 0.00701. The van der Waals surface area contributed by atoms with Crippen molar-refractivity contribution in [3.63, 3.8) is 0 Å². The van der Waals surface area contributed by atoms with E-state index in [1.165, 1.54) is 0 Å². The first-order valence-corrected chi connectivity index (χ1v) is 29.8. The summed E-state index contributed by atoms with van der Waals surface area (Å²) in [6.45, 7) is 17.4. The molecule has 17 nitrogen and oxygen atoms in total. The highest BCUT2D eigenvalue weighted by Gasteiger charge is 2.38. The van der Waals surface area contributed by atoms with Gasteiger partial charge in [-0.15, -0.1) is 24.8 Å². The summed E-state index contributed by atoms with van der Waals surface area (Å²) >= 11 is 0. The quantitative estimate of drug-likeness (QED) is 0.0513. The Labute approximate surface area is 546 Å². The minimum Gasteiger partial charge on any atom is -0.493 e. The number of rotatable bonds is 24. The third kappa shape index (κ3) is 15.6. The number of nitriles is 2. The molecule has 8 rings (SSSR count). The maximum atomic E-state index is 14.0. The van der Waals surface area contributed by atoms with Crippen molar-refractivity contribution in [1.82, 2.24) is 20.0 Å². The van der Waals surface area contributed by atoms with Gasteiger partial charge in [-0.25, -0.2) is 10.0 Å². The predicted octanol–water partition coefficient (Wildman–Crippen LogP) is 14.0. The van der Waals surface area contributed by atoms with Crippen molar-refractivity contribution in [3.8, 4) is 57.8 Å². The van der Waals surface area contributed by atoms with Crippen LogP contribution in [0, 0.1) is 48.3 Å². The van der Waals surface area contributed by atoms with Gasteiger partial charge in [0.05, 0.1) is 73.3 Å². The van der Waals surface area contributed by atoms with Crippen molar-refractivity contribution in [1.29, 1.82) is 10.5 Å². The Morgan fingerprint density at radius 1 is 0.516 bits per heavy atom. The molecule has 2 heterocycles. The van der Waals surface area contributed by atoms with Gasteiger partial charge in [-0.05, 0) is 125 Å². The van der Waals surface area contributed by atoms with E-state index in [1.54, 1.807) is 88.7 Å². The summed E-state index contributed by atoms with van der Waals surface area (Å²) in [5, 5.41) is 28.7. The van der Waals surface area contributed by atoms with Gasteiger partial charge in [0, 0.05) is 62.5 Å². The molecule has 0 saturated carbocycles. The lowest BCUT2D eigenvalue weighted by Gasteiger charge is -2.34. The smallest absolute Gasteiger partial charge is 0.271 e. The van der Waals surface area contributed by atoms with Crippen LogP contribution in [0.5, 0.6) is 23.0 Å². The highest BCUT2D eigenvalue weighted by molar-refractivity contribution is 6.06. The van der Waals surface area contributed by atoms with E-state index >= 15 is 0 Å². The molecule has 0 bridgehead atoms. The molecule has 2 aromatic heterocycles. The maximum Gasteiger partial charge on any atom is 0.271 e. The zero-order valence-electron chi connectivity index (χ0n) is 54.6. The summed E-state index contributed by atoms with van der Waals surface area (Å²) in [6, 6.07) is 45.6. The molecule has 0 radical (unpaired) electrons. The fourth-order valence-corrected chi connectivity index (χ4v) is 11.7. The number of carbonyl (C=O) groups excluding carboxylic acids is 2. The highest BCUT2D eigenvalue weighted by Crippen LogP contribution is 2.42. The van der Waals surface area contributed by atoms with E-state index in [2.05, 4.69) is 12.1 Å². The number of benzene rings is 6.